The van der Waals surface area contributed by atoms with Crippen molar-refractivity contribution in [2.24, 2.45) is 11.8 Å². The summed E-state index contributed by atoms with van der Waals surface area (Å²) in [6, 6.07) is 13.1. The predicted molar refractivity (Wildman–Crippen MR) is 137 cm³/mol. The van der Waals surface area contributed by atoms with E-state index in [9.17, 15) is 0 Å². The van der Waals surface area contributed by atoms with Gasteiger partial charge in [0.25, 0.3) is 0 Å². The van der Waals surface area contributed by atoms with Gasteiger partial charge in [0.1, 0.15) is 5.75 Å². The molecule has 0 radical (unpaired) electrons. The Balaban J connectivity index is 1.33. The topological polar surface area (TPSA) is 22.1 Å². The number of hydrogen-bond donors (Lipinski definition) is 0. The molecule has 0 spiro atoms. The fourth-order valence-corrected chi connectivity index (χ4v) is 5.09. The van der Waals surface area contributed by atoms with Crippen LogP contribution in [0.25, 0.3) is 11.3 Å². The van der Waals surface area contributed by atoms with Gasteiger partial charge < -0.3 is 4.74 Å². The van der Waals surface area contributed by atoms with Gasteiger partial charge in [0.15, 0.2) is 0 Å². The third-order valence-electron chi connectivity index (χ3n) is 7.23. The highest BCUT2D eigenvalue weighted by Crippen LogP contribution is 2.34. The summed E-state index contributed by atoms with van der Waals surface area (Å²) >= 11 is 0. The first-order valence-electron chi connectivity index (χ1n) is 13.5. The molecule has 1 fully saturated rings. The Morgan fingerprint density at radius 2 is 1.44 bits per heavy atom. The monoisotopic (exact) mass is 435 g/mol. The molecule has 3 rings (SSSR count). The van der Waals surface area contributed by atoms with Gasteiger partial charge in [0, 0.05) is 5.56 Å². The Hall–Kier alpha value is -1.83. The third kappa shape index (κ3) is 8.60. The summed E-state index contributed by atoms with van der Waals surface area (Å²) in [5, 5.41) is 0. The van der Waals surface area contributed by atoms with Gasteiger partial charge in [0.2, 0.25) is 0 Å². The number of hydrogen-bond acceptors (Lipinski definition) is 2. The van der Waals surface area contributed by atoms with Gasteiger partial charge in [-0.15, -0.1) is 0 Å². The summed E-state index contributed by atoms with van der Waals surface area (Å²) in [5.41, 5.74) is 3.67. The van der Waals surface area contributed by atoms with Crippen LogP contribution in [0.2, 0.25) is 0 Å². The molecular formula is C30H45NO. The Morgan fingerprint density at radius 3 is 2.09 bits per heavy atom. The molecule has 176 valence electrons. The summed E-state index contributed by atoms with van der Waals surface area (Å²) < 4.78 is 5.64. The molecule has 1 aliphatic carbocycles. The maximum Gasteiger partial charge on any atom is 0.137 e. The highest BCUT2D eigenvalue weighted by Gasteiger charge is 2.20. The lowest BCUT2D eigenvalue weighted by Crippen LogP contribution is -2.15. The second-order valence-electron chi connectivity index (χ2n) is 9.91. The molecule has 2 nitrogen and oxygen atoms in total. The van der Waals surface area contributed by atoms with Crippen molar-refractivity contribution in [3.8, 4) is 17.0 Å². The van der Waals surface area contributed by atoms with Crippen molar-refractivity contribution < 1.29 is 4.74 Å². The Kier molecular flexibility index (Phi) is 11.1. The molecule has 0 unspecified atom stereocenters. The lowest BCUT2D eigenvalue weighted by molar-refractivity contribution is 0.248. The van der Waals surface area contributed by atoms with Crippen LogP contribution in [0.15, 0.2) is 42.6 Å². The first-order valence-corrected chi connectivity index (χ1v) is 13.5. The predicted octanol–water partition coefficient (Wildman–Crippen LogP) is 9.03. The zero-order valence-corrected chi connectivity index (χ0v) is 20.7. The number of aryl methyl sites for hydroxylation is 1. The molecular weight excluding hydrogens is 390 g/mol. The number of ether oxygens (including phenoxy) is 1. The van der Waals surface area contributed by atoms with Crippen LogP contribution in [0.3, 0.4) is 0 Å². The van der Waals surface area contributed by atoms with Crippen molar-refractivity contribution in [1.82, 2.24) is 4.98 Å². The second-order valence-corrected chi connectivity index (χ2v) is 9.91. The minimum absolute atomic E-state index is 0.747. The number of nitrogens with zero attached hydrogens (tertiary/aromatic N) is 1. The van der Waals surface area contributed by atoms with Crippen molar-refractivity contribution in [2.45, 2.75) is 104 Å². The highest BCUT2D eigenvalue weighted by atomic mass is 16.5. The van der Waals surface area contributed by atoms with Crippen LogP contribution in [0.1, 0.15) is 103 Å². The number of benzene rings is 1. The van der Waals surface area contributed by atoms with Gasteiger partial charge >= 0.3 is 0 Å². The standard InChI is InChI=1S/C30H45NO/c1-3-5-6-7-8-9-10-25-11-13-26(14-12-25)15-16-27-17-19-28(20-18-27)30-22-21-29(24-31-30)32-23-4-2/h17-22,24-26H,3-16,23H2,1-2H3/t25-,26-. The van der Waals surface area contributed by atoms with Gasteiger partial charge in [-0.05, 0) is 48.8 Å². The molecule has 2 heteroatoms. The van der Waals surface area contributed by atoms with Gasteiger partial charge in [0.05, 0.1) is 18.5 Å². The van der Waals surface area contributed by atoms with Crippen LogP contribution in [-0.2, 0) is 6.42 Å². The largest absolute Gasteiger partial charge is 0.492 e. The van der Waals surface area contributed by atoms with Crippen LogP contribution < -0.4 is 4.74 Å². The van der Waals surface area contributed by atoms with E-state index >= 15 is 0 Å². The molecule has 1 aromatic carbocycles. The Labute approximate surface area is 197 Å². The molecule has 1 heterocycles. The van der Waals surface area contributed by atoms with E-state index in [0.29, 0.717) is 0 Å². The van der Waals surface area contributed by atoms with Crippen LogP contribution in [0.4, 0.5) is 0 Å². The van der Waals surface area contributed by atoms with Crippen molar-refractivity contribution in [3.05, 3.63) is 48.2 Å². The maximum absolute atomic E-state index is 5.64. The molecule has 1 aliphatic rings. The number of aromatic nitrogens is 1. The van der Waals surface area contributed by atoms with Crippen LogP contribution >= 0.6 is 0 Å². The average Bonchev–Trinajstić information content (AvgIpc) is 2.85. The normalized spacial score (nSPS) is 18.6. The minimum atomic E-state index is 0.747. The smallest absolute Gasteiger partial charge is 0.137 e. The molecule has 1 aromatic heterocycles. The second kappa shape index (κ2) is 14.3. The minimum Gasteiger partial charge on any atom is -0.492 e. The van der Waals surface area contributed by atoms with E-state index in [1.165, 1.54) is 94.6 Å². The molecule has 0 atom stereocenters. The van der Waals surface area contributed by atoms with E-state index in [2.05, 4.69) is 49.2 Å². The summed E-state index contributed by atoms with van der Waals surface area (Å²) in [6.45, 7) is 5.16. The molecule has 0 bridgehead atoms. The fourth-order valence-electron chi connectivity index (χ4n) is 5.09. The lowest BCUT2D eigenvalue weighted by atomic mass is 9.77. The van der Waals surface area contributed by atoms with Gasteiger partial charge in [-0.25, -0.2) is 0 Å². The molecule has 0 saturated heterocycles. The van der Waals surface area contributed by atoms with Crippen molar-refractivity contribution in [2.75, 3.05) is 6.61 Å². The summed E-state index contributed by atoms with van der Waals surface area (Å²) in [6.07, 6.45) is 21.4. The van der Waals surface area contributed by atoms with Gasteiger partial charge in [-0.1, -0.05) is 109 Å². The summed E-state index contributed by atoms with van der Waals surface area (Å²) in [5.74, 6) is 2.81. The van der Waals surface area contributed by atoms with Crippen LogP contribution in [0.5, 0.6) is 5.75 Å². The average molecular weight is 436 g/mol. The van der Waals surface area contributed by atoms with E-state index in [4.69, 9.17) is 4.74 Å². The first-order chi connectivity index (χ1) is 15.8. The van der Waals surface area contributed by atoms with Gasteiger partial charge in [-0.3, -0.25) is 4.98 Å². The summed E-state index contributed by atoms with van der Waals surface area (Å²) in [7, 11) is 0. The van der Waals surface area contributed by atoms with Gasteiger partial charge in [-0.2, -0.15) is 0 Å². The summed E-state index contributed by atoms with van der Waals surface area (Å²) in [4.78, 5) is 4.57. The molecule has 32 heavy (non-hydrogen) atoms. The zero-order chi connectivity index (χ0) is 22.4. The van der Waals surface area contributed by atoms with E-state index < -0.39 is 0 Å². The lowest BCUT2D eigenvalue weighted by Gasteiger charge is -2.28. The number of unbranched alkanes of at least 4 members (excludes halogenated alkanes) is 5. The van der Waals surface area contributed by atoms with E-state index in [-0.39, 0.29) is 0 Å². The number of rotatable bonds is 14. The number of pyridine rings is 1. The zero-order valence-electron chi connectivity index (χ0n) is 20.7. The molecule has 0 amide bonds. The molecule has 1 saturated carbocycles. The molecule has 0 aliphatic heterocycles. The quantitative estimate of drug-likeness (QED) is 0.276. The maximum atomic E-state index is 5.64. The van der Waals surface area contributed by atoms with Crippen molar-refractivity contribution in [3.63, 3.8) is 0 Å². The van der Waals surface area contributed by atoms with E-state index in [1.807, 2.05) is 12.3 Å². The fraction of sp³-hybridized carbons (Fsp3) is 0.633. The molecule has 0 N–H and O–H groups in total. The molecule has 2 aromatic rings. The van der Waals surface area contributed by atoms with Crippen LogP contribution in [-0.4, -0.2) is 11.6 Å². The Morgan fingerprint density at radius 1 is 0.750 bits per heavy atom. The van der Waals surface area contributed by atoms with E-state index in [0.717, 1.165) is 36.3 Å². The third-order valence-corrected chi connectivity index (χ3v) is 7.23. The Bertz CT molecular complexity index is 728. The van der Waals surface area contributed by atoms with Crippen molar-refractivity contribution in [1.29, 1.82) is 0 Å². The van der Waals surface area contributed by atoms with Crippen molar-refractivity contribution >= 4 is 0 Å². The van der Waals surface area contributed by atoms with E-state index in [1.54, 1.807) is 0 Å². The first kappa shape index (κ1) is 24.8. The SMILES string of the molecule is CCCCCCCC[C@H]1CC[C@H](CCc2ccc(-c3ccc(OCCC)cn3)cc2)CC1. The van der Waals surface area contributed by atoms with Crippen LogP contribution in [0, 0.1) is 11.8 Å². The highest BCUT2D eigenvalue weighted by molar-refractivity contribution is 5.59.